The highest BCUT2D eigenvalue weighted by atomic mass is 15.2. The second kappa shape index (κ2) is 12.0. The summed E-state index contributed by atoms with van der Waals surface area (Å²) in [6.45, 7) is 5.28. The molecule has 32 heavy (non-hydrogen) atoms. The molecule has 0 aromatic heterocycles. The predicted octanol–water partition coefficient (Wildman–Crippen LogP) is 3.36. The topological polar surface area (TPSA) is 55.3 Å². The van der Waals surface area contributed by atoms with Gasteiger partial charge in [-0.3, -0.25) is 9.98 Å². The molecule has 166 valence electrons. The summed E-state index contributed by atoms with van der Waals surface area (Å²) < 4.78 is 0. The molecule has 0 saturated heterocycles. The first-order valence-electron chi connectivity index (χ1n) is 11.3. The van der Waals surface area contributed by atoms with Gasteiger partial charge in [0.15, 0.2) is 0 Å². The molecule has 2 heterocycles. The highest BCUT2D eigenvalue weighted by Crippen LogP contribution is 2.16. The van der Waals surface area contributed by atoms with Gasteiger partial charge in [-0.25, -0.2) is 0 Å². The first-order valence-corrected chi connectivity index (χ1v) is 11.3. The van der Waals surface area contributed by atoms with Gasteiger partial charge in [-0.05, 0) is 11.1 Å². The molecule has 2 aliphatic heterocycles. The van der Waals surface area contributed by atoms with Gasteiger partial charge in [-0.15, -0.1) is 0 Å². The fraction of sp³-hybridized carbons (Fsp3) is 0.308. The maximum absolute atomic E-state index is 4.18. The highest BCUT2D eigenvalue weighted by Gasteiger charge is 2.16. The van der Waals surface area contributed by atoms with Crippen LogP contribution in [0.3, 0.4) is 0 Å². The Bertz CT molecular complexity index is 844. The first kappa shape index (κ1) is 22.0. The lowest BCUT2D eigenvalue weighted by molar-refractivity contribution is 0.335. The third-order valence-corrected chi connectivity index (χ3v) is 5.71. The van der Waals surface area contributed by atoms with Crippen LogP contribution in [0.5, 0.6) is 0 Å². The lowest BCUT2D eigenvalue weighted by atomic mass is 10.1. The summed E-state index contributed by atoms with van der Waals surface area (Å²) >= 11 is 0. The predicted molar refractivity (Wildman–Crippen MR) is 133 cm³/mol. The minimum Gasteiger partial charge on any atom is -0.369 e. The van der Waals surface area contributed by atoms with Crippen molar-refractivity contribution in [3.63, 3.8) is 0 Å². The van der Waals surface area contributed by atoms with Gasteiger partial charge >= 0.3 is 0 Å². The molecule has 6 nitrogen and oxygen atoms in total. The summed E-state index contributed by atoms with van der Waals surface area (Å²) in [6, 6.07) is 21.9. The maximum atomic E-state index is 4.18. The standard InChI is InChI=1S/C26H32N6/c1-3-7-23(8-4-1)25(21-31-17-13-27-14-18-31)29-11-12-30-26(24-9-5-2-6-10-24)22-32-19-15-28-16-20-32/h1-10,13-17,19,25-26,29-30H,11-12,18,20-22H2. The molecule has 0 bridgehead atoms. The number of rotatable bonds is 11. The largest absolute Gasteiger partial charge is 0.369 e. The van der Waals surface area contributed by atoms with Gasteiger partial charge in [0.1, 0.15) is 0 Å². The molecule has 0 aliphatic carbocycles. The minimum absolute atomic E-state index is 0.255. The van der Waals surface area contributed by atoms with E-state index in [0.29, 0.717) is 0 Å². The molecule has 0 amide bonds. The fourth-order valence-corrected chi connectivity index (χ4v) is 3.99. The third-order valence-electron chi connectivity index (χ3n) is 5.71. The van der Waals surface area contributed by atoms with Crippen molar-refractivity contribution in [2.75, 3.05) is 39.3 Å². The molecule has 4 rings (SSSR count). The van der Waals surface area contributed by atoms with Gasteiger partial charge in [-0.2, -0.15) is 0 Å². The molecule has 0 radical (unpaired) electrons. The molecule has 2 unspecified atom stereocenters. The Morgan fingerprint density at radius 1 is 0.656 bits per heavy atom. The van der Waals surface area contributed by atoms with Crippen molar-refractivity contribution in [1.29, 1.82) is 0 Å². The number of benzene rings is 2. The van der Waals surface area contributed by atoms with Crippen LogP contribution < -0.4 is 10.6 Å². The van der Waals surface area contributed by atoms with Gasteiger partial charge in [0, 0.05) is 75.5 Å². The van der Waals surface area contributed by atoms with Gasteiger partial charge in [0.2, 0.25) is 0 Å². The zero-order valence-electron chi connectivity index (χ0n) is 18.4. The van der Waals surface area contributed by atoms with E-state index >= 15 is 0 Å². The molecule has 2 aromatic rings. The number of hydrogen-bond donors (Lipinski definition) is 2. The SMILES string of the molecule is C1=CN(CC(NCCNC(CN2C=CN=CC2)c2ccccc2)c2ccccc2)CC=N1. The van der Waals surface area contributed by atoms with Crippen molar-refractivity contribution in [3.8, 4) is 0 Å². The molecule has 2 atom stereocenters. The maximum Gasteiger partial charge on any atom is 0.0528 e. The molecular formula is C26H32N6. The summed E-state index contributed by atoms with van der Waals surface area (Å²) in [4.78, 5) is 13.0. The lowest BCUT2D eigenvalue weighted by Crippen LogP contribution is -2.40. The lowest BCUT2D eigenvalue weighted by Gasteiger charge is -2.29. The second-order valence-corrected chi connectivity index (χ2v) is 8.00. The number of nitrogens with zero attached hydrogens (tertiary/aromatic N) is 4. The van der Waals surface area contributed by atoms with Crippen molar-refractivity contribution in [2.45, 2.75) is 12.1 Å². The summed E-state index contributed by atoms with van der Waals surface area (Å²) in [5, 5.41) is 7.52. The summed E-state index contributed by atoms with van der Waals surface area (Å²) in [6.07, 6.45) is 11.8. The molecule has 6 heteroatoms. The average Bonchev–Trinajstić information content (AvgIpc) is 2.87. The highest BCUT2D eigenvalue weighted by molar-refractivity contribution is 5.62. The van der Waals surface area contributed by atoms with E-state index in [2.05, 4.69) is 103 Å². The van der Waals surface area contributed by atoms with Crippen LogP contribution in [0.1, 0.15) is 23.2 Å². The average molecular weight is 429 g/mol. The summed E-state index contributed by atoms with van der Waals surface area (Å²) in [7, 11) is 0. The van der Waals surface area contributed by atoms with E-state index in [1.54, 1.807) is 0 Å². The van der Waals surface area contributed by atoms with Crippen LogP contribution >= 0.6 is 0 Å². The summed E-state index contributed by atoms with van der Waals surface area (Å²) in [5.41, 5.74) is 2.61. The number of hydrogen-bond acceptors (Lipinski definition) is 6. The fourth-order valence-electron chi connectivity index (χ4n) is 3.99. The molecule has 2 N–H and O–H groups in total. The zero-order chi connectivity index (χ0) is 21.8. The van der Waals surface area contributed by atoms with E-state index in [1.807, 2.05) is 24.8 Å². The Hall–Kier alpha value is -3.22. The van der Waals surface area contributed by atoms with Crippen LogP contribution in [0.15, 0.2) is 95.4 Å². The second-order valence-electron chi connectivity index (χ2n) is 8.00. The minimum atomic E-state index is 0.255. The Kier molecular flexibility index (Phi) is 8.23. The quantitative estimate of drug-likeness (QED) is 0.539. The molecule has 0 saturated carbocycles. The van der Waals surface area contributed by atoms with Crippen LogP contribution in [-0.2, 0) is 0 Å². The van der Waals surface area contributed by atoms with E-state index in [4.69, 9.17) is 0 Å². The zero-order valence-corrected chi connectivity index (χ0v) is 18.4. The van der Waals surface area contributed by atoms with Gasteiger partial charge in [0.25, 0.3) is 0 Å². The Balaban J connectivity index is 1.34. The van der Waals surface area contributed by atoms with Gasteiger partial charge in [0.05, 0.1) is 13.1 Å². The number of nitrogens with one attached hydrogen (secondary N) is 2. The first-order chi connectivity index (χ1) is 15.9. The molecule has 0 fully saturated rings. The van der Waals surface area contributed by atoms with Crippen LogP contribution in [0.25, 0.3) is 0 Å². The smallest absolute Gasteiger partial charge is 0.0528 e. The van der Waals surface area contributed by atoms with Crippen LogP contribution in [0.4, 0.5) is 0 Å². The molecule has 0 spiro atoms. The Labute approximate surface area is 191 Å². The van der Waals surface area contributed by atoms with Crippen LogP contribution in [0.2, 0.25) is 0 Å². The van der Waals surface area contributed by atoms with Crippen molar-refractivity contribution < 1.29 is 0 Å². The van der Waals surface area contributed by atoms with E-state index < -0.39 is 0 Å². The van der Waals surface area contributed by atoms with Crippen LogP contribution in [0, 0.1) is 0 Å². The van der Waals surface area contributed by atoms with Crippen molar-refractivity contribution in [1.82, 2.24) is 20.4 Å². The Morgan fingerprint density at radius 2 is 1.09 bits per heavy atom. The molecule has 2 aromatic carbocycles. The molecular weight excluding hydrogens is 396 g/mol. The normalized spacial score (nSPS) is 17.0. The van der Waals surface area contributed by atoms with Gasteiger partial charge < -0.3 is 20.4 Å². The van der Waals surface area contributed by atoms with Crippen molar-refractivity contribution >= 4 is 12.4 Å². The van der Waals surface area contributed by atoms with Crippen LogP contribution in [-0.4, -0.2) is 61.5 Å². The molecule has 2 aliphatic rings. The van der Waals surface area contributed by atoms with Crippen molar-refractivity contribution in [3.05, 3.63) is 96.6 Å². The van der Waals surface area contributed by atoms with E-state index in [9.17, 15) is 0 Å². The van der Waals surface area contributed by atoms with E-state index in [-0.39, 0.29) is 12.1 Å². The van der Waals surface area contributed by atoms with E-state index in [0.717, 1.165) is 39.3 Å². The summed E-state index contributed by atoms with van der Waals surface area (Å²) in [5.74, 6) is 0. The monoisotopic (exact) mass is 428 g/mol. The van der Waals surface area contributed by atoms with E-state index in [1.165, 1.54) is 11.1 Å². The number of aliphatic imine (C=N–C) groups is 2. The Morgan fingerprint density at radius 3 is 1.47 bits per heavy atom. The van der Waals surface area contributed by atoms with Crippen molar-refractivity contribution in [2.24, 2.45) is 9.98 Å². The van der Waals surface area contributed by atoms with Gasteiger partial charge in [-0.1, -0.05) is 60.7 Å². The third kappa shape index (κ3) is 6.64.